The topological polar surface area (TPSA) is 15.3 Å². The van der Waals surface area contributed by atoms with Gasteiger partial charge in [-0.15, -0.1) is 0 Å². The van der Waals surface area contributed by atoms with E-state index < -0.39 is 12.7 Å². The average molecular weight is 276 g/mol. The second-order valence-corrected chi connectivity index (χ2v) is 6.89. The monoisotopic (exact) mass is 276 g/mol. The van der Waals surface area contributed by atoms with Gasteiger partial charge in [-0.05, 0) is 34.1 Å². The first-order valence-corrected chi connectivity index (χ1v) is 6.80. The Kier molecular flexibility index (Phi) is 3.51. The van der Waals surface area contributed by atoms with Crippen molar-refractivity contribution >= 4 is 0 Å². The Balaban J connectivity index is 2.01. The standard InChI is InChI=1S/C14H23F3N2/c1-10-7-13(8-18-9-14(15,16)17)6-5-11(13)19(10)12(2,3)4/h5-6,10-11,18H,7-9H2,1-4H3/t10-,11-,13-/m1/s1. The minimum Gasteiger partial charge on any atom is -0.308 e. The normalized spacial score (nSPS) is 35.3. The van der Waals surface area contributed by atoms with Gasteiger partial charge in [-0.1, -0.05) is 12.2 Å². The van der Waals surface area contributed by atoms with E-state index >= 15 is 0 Å². The van der Waals surface area contributed by atoms with E-state index in [1.54, 1.807) is 0 Å². The molecule has 0 bridgehead atoms. The number of rotatable bonds is 3. The van der Waals surface area contributed by atoms with Gasteiger partial charge in [0.05, 0.1) is 6.54 Å². The Hall–Kier alpha value is -0.550. The van der Waals surface area contributed by atoms with Crippen LogP contribution in [0.2, 0.25) is 0 Å². The number of likely N-dealkylation sites (tertiary alicyclic amines) is 1. The van der Waals surface area contributed by atoms with Crippen molar-refractivity contribution in [2.75, 3.05) is 13.1 Å². The summed E-state index contributed by atoms with van der Waals surface area (Å²) in [6.07, 6.45) is 1.01. The van der Waals surface area contributed by atoms with Gasteiger partial charge in [0.2, 0.25) is 0 Å². The van der Waals surface area contributed by atoms with Gasteiger partial charge in [0.15, 0.2) is 0 Å². The lowest BCUT2D eigenvalue weighted by molar-refractivity contribution is -0.125. The van der Waals surface area contributed by atoms with Crippen molar-refractivity contribution in [2.24, 2.45) is 5.41 Å². The summed E-state index contributed by atoms with van der Waals surface area (Å²) in [6.45, 7) is 8.15. The quantitative estimate of drug-likeness (QED) is 0.797. The van der Waals surface area contributed by atoms with Gasteiger partial charge in [-0.3, -0.25) is 4.90 Å². The lowest BCUT2D eigenvalue weighted by atomic mass is 9.71. The predicted octanol–water partition coefficient (Wildman–Crippen LogP) is 2.96. The summed E-state index contributed by atoms with van der Waals surface area (Å²) < 4.78 is 36.7. The molecule has 5 heteroatoms. The van der Waals surface area contributed by atoms with Crippen LogP contribution in [0.5, 0.6) is 0 Å². The summed E-state index contributed by atoms with van der Waals surface area (Å²) in [5.41, 5.74) is -0.0709. The van der Waals surface area contributed by atoms with Crippen molar-refractivity contribution in [3.8, 4) is 0 Å². The molecule has 2 rings (SSSR count). The summed E-state index contributed by atoms with van der Waals surface area (Å²) in [7, 11) is 0. The molecule has 0 unspecified atom stereocenters. The molecular formula is C14H23F3N2. The first-order chi connectivity index (χ1) is 8.55. The molecule has 1 aliphatic carbocycles. The van der Waals surface area contributed by atoms with Gasteiger partial charge in [-0.25, -0.2) is 0 Å². The molecule has 2 aliphatic rings. The van der Waals surface area contributed by atoms with Crippen molar-refractivity contribution in [3.63, 3.8) is 0 Å². The van der Waals surface area contributed by atoms with Crippen LogP contribution in [0.3, 0.4) is 0 Å². The van der Waals surface area contributed by atoms with Gasteiger partial charge >= 0.3 is 6.18 Å². The molecule has 1 aliphatic heterocycles. The Morgan fingerprint density at radius 3 is 2.37 bits per heavy atom. The molecular weight excluding hydrogens is 253 g/mol. The molecule has 0 aromatic rings. The van der Waals surface area contributed by atoms with E-state index in [9.17, 15) is 13.2 Å². The number of halogens is 3. The zero-order valence-corrected chi connectivity index (χ0v) is 12.0. The van der Waals surface area contributed by atoms with Crippen molar-refractivity contribution < 1.29 is 13.2 Å². The molecule has 0 amide bonds. The highest BCUT2D eigenvalue weighted by atomic mass is 19.4. The molecule has 0 aromatic heterocycles. The maximum Gasteiger partial charge on any atom is 0.401 e. The Morgan fingerprint density at radius 1 is 1.32 bits per heavy atom. The second-order valence-electron chi connectivity index (χ2n) is 6.89. The van der Waals surface area contributed by atoms with Crippen LogP contribution in [0.1, 0.15) is 34.1 Å². The fourth-order valence-electron chi connectivity index (χ4n) is 3.69. The number of nitrogens with zero attached hydrogens (tertiary/aromatic N) is 1. The van der Waals surface area contributed by atoms with E-state index in [0.717, 1.165) is 6.42 Å². The van der Waals surface area contributed by atoms with E-state index in [0.29, 0.717) is 12.6 Å². The van der Waals surface area contributed by atoms with E-state index in [1.807, 2.05) is 0 Å². The van der Waals surface area contributed by atoms with Gasteiger partial charge in [0, 0.05) is 29.6 Å². The second kappa shape index (κ2) is 4.48. The minimum absolute atomic E-state index is 0.0423. The highest BCUT2D eigenvalue weighted by molar-refractivity contribution is 5.29. The van der Waals surface area contributed by atoms with E-state index in [1.165, 1.54) is 0 Å². The fourth-order valence-corrected chi connectivity index (χ4v) is 3.69. The molecule has 110 valence electrons. The molecule has 0 saturated carbocycles. The van der Waals surface area contributed by atoms with Crippen LogP contribution in [-0.2, 0) is 0 Å². The summed E-state index contributed by atoms with van der Waals surface area (Å²) in [6, 6.07) is 0.663. The third kappa shape index (κ3) is 2.82. The van der Waals surface area contributed by atoms with E-state index in [4.69, 9.17) is 0 Å². The smallest absolute Gasteiger partial charge is 0.308 e. The Labute approximate surface area is 113 Å². The molecule has 0 aromatic carbocycles. The maximum atomic E-state index is 12.2. The van der Waals surface area contributed by atoms with E-state index in [-0.39, 0.29) is 17.0 Å². The SMILES string of the molecule is C[C@@H]1C[C@@]2(CNCC(F)(F)F)C=C[C@H]2N1C(C)(C)C. The largest absolute Gasteiger partial charge is 0.401 e. The first kappa shape index (κ1) is 14.9. The molecule has 2 nitrogen and oxygen atoms in total. The van der Waals surface area contributed by atoms with Crippen LogP contribution in [0.15, 0.2) is 12.2 Å². The number of nitrogens with one attached hydrogen (secondary N) is 1. The lowest BCUT2D eigenvalue weighted by Gasteiger charge is -2.46. The number of alkyl halides is 3. The molecule has 1 heterocycles. The molecule has 1 saturated heterocycles. The van der Waals surface area contributed by atoms with Crippen molar-refractivity contribution in [1.29, 1.82) is 0 Å². The van der Waals surface area contributed by atoms with Crippen LogP contribution < -0.4 is 5.32 Å². The average Bonchev–Trinajstić information content (AvgIpc) is 2.36. The van der Waals surface area contributed by atoms with Crippen molar-refractivity contribution in [1.82, 2.24) is 10.2 Å². The van der Waals surface area contributed by atoms with Crippen LogP contribution in [0.4, 0.5) is 13.2 Å². The molecule has 0 spiro atoms. The first-order valence-electron chi connectivity index (χ1n) is 6.80. The Bertz CT molecular complexity index is 370. The zero-order valence-electron chi connectivity index (χ0n) is 12.0. The minimum atomic E-state index is -4.13. The predicted molar refractivity (Wildman–Crippen MR) is 70.0 cm³/mol. The molecule has 3 atom stereocenters. The number of hydrogen-bond acceptors (Lipinski definition) is 2. The van der Waals surface area contributed by atoms with Crippen LogP contribution in [0, 0.1) is 5.41 Å². The third-order valence-corrected chi connectivity index (χ3v) is 4.20. The maximum absolute atomic E-state index is 12.2. The summed E-state index contributed by atoms with van der Waals surface area (Å²) in [5, 5.41) is 2.58. The molecule has 0 radical (unpaired) electrons. The number of hydrogen-bond donors (Lipinski definition) is 1. The lowest BCUT2D eigenvalue weighted by Crippen LogP contribution is -2.55. The summed E-state index contributed by atoms with van der Waals surface area (Å²) in [4.78, 5) is 2.42. The van der Waals surface area contributed by atoms with E-state index in [2.05, 4.69) is 50.1 Å². The van der Waals surface area contributed by atoms with Crippen LogP contribution in [-0.4, -0.2) is 41.8 Å². The molecule has 1 N–H and O–H groups in total. The number of fused-ring (bicyclic) bond motifs is 1. The highest BCUT2D eigenvalue weighted by Gasteiger charge is 2.55. The van der Waals surface area contributed by atoms with Crippen LogP contribution >= 0.6 is 0 Å². The van der Waals surface area contributed by atoms with Crippen LogP contribution in [0.25, 0.3) is 0 Å². The van der Waals surface area contributed by atoms with Gasteiger partial charge in [0.25, 0.3) is 0 Å². The van der Waals surface area contributed by atoms with Gasteiger partial charge in [0.1, 0.15) is 0 Å². The molecule has 19 heavy (non-hydrogen) atoms. The zero-order chi connectivity index (χ0) is 14.5. The van der Waals surface area contributed by atoms with Crippen molar-refractivity contribution in [3.05, 3.63) is 12.2 Å². The Morgan fingerprint density at radius 2 is 1.95 bits per heavy atom. The van der Waals surface area contributed by atoms with Crippen molar-refractivity contribution in [2.45, 2.75) is 57.9 Å². The fraction of sp³-hybridized carbons (Fsp3) is 0.857. The summed E-state index contributed by atoms with van der Waals surface area (Å²) in [5.74, 6) is 0. The summed E-state index contributed by atoms with van der Waals surface area (Å²) >= 11 is 0. The van der Waals surface area contributed by atoms with Gasteiger partial charge < -0.3 is 5.32 Å². The molecule has 1 fully saturated rings. The highest BCUT2D eigenvalue weighted by Crippen LogP contribution is 2.50. The third-order valence-electron chi connectivity index (χ3n) is 4.20. The van der Waals surface area contributed by atoms with Gasteiger partial charge in [-0.2, -0.15) is 13.2 Å².